The second-order valence-corrected chi connectivity index (χ2v) is 14.9. The van der Waals surface area contributed by atoms with E-state index < -0.39 is 63.5 Å². The van der Waals surface area contributed by atoms with E-state index in [1.54, 1.807) is 40.7 Å². The summed E-state index contributed by atoms with van der Waals surface area (Å²) >= 11 is -1.68. The fraction of sp³-hybridized carbons (Fsp3) is 0.471. The Balaban J connectivity index is 1.79. The number of aryl methyl sites for hydroxylation is 1. The molecule has 4 rings (SSSR count). The highest BCUT2D eigenvalue weighted by atomic mass is 32.2. The molecule has 0 saturated carbocycles. The Hall–Kier alpha value is -3.43. The molecule has 1 aliphatic heterocycles. The van der Waals surface area contributed by atoms with Gasteiger partial charge in [-0.3, -0.25) is 4.79 Å². The van der Waals surface area contributed by atoms with Crippen LogP contribution in [0, 0.1) is 5.82 Å². The van der Waals surface area contributed by atoms with Gasteiger partial charge in [-0.1, -0.05) is 13.0 Å². The molecule has 48 heavy (non-hydrogen) atoms. The number of amides is 1. The minimum atomic E-state index is -5.33. The molecule has 0 radical (unpaired) electrons. The first-order chi connectivity index (χ1) is 22.3. The topological polar surface area (TPSA) is 136 Å². The maximum Gasteiger partial charge on any atom is 0.424 e. The monoisotopic (exact) mass is 695 g/mol. The molecule has 9 nitrogen and oxygen atoms in total. The van der Waals surface area contributed by atoms with Crippen molar-refractivity contribution in [2.24, 2.45) is 0 Å². The Morgan fingerprint density at radius 3 is 2.40 bits per heavy atom. The summed E-state index contributed by atoms with van der Waals surface area (Å²) in [5.41, 5.74) is -4.79. The Kier molecular flexibility index (Phi) is 11.1. The molecule has 0 bridgehead atoms. The van der Waals surface area contributed by atoms with Crippen molar-refractivity contribution in [3.8, 4) is 22.8 Å². The van der Waals surface area contributed by atoms with E-state index in [1.165, 1.54) is 31.4 Å². The SMILES string of the molecule is CCC1(N[S+]([O-])C(C)(C)C)COc2c1cc(C(O)(CNC(=O)c1ccc(CC[C@@H](C)O)c(OC)c1)C(F)(F)F)nc2-c1ccc(F)cc1. The van der Waals surface area contributed by atoms with Crippen LogP contribution in [0.2, 0.25) is 0 Å². The highest BCUT2D eigenvalue weighted by Gasteiger charge is 2.58. The van der Waals surface area contributed by atoms with E-state index in [-0.39, 0.29) is 41.2 Å². The predicted octanol–water partition coefficient (Wildman–Crippen LogP) is 5.44. The lowest BCUT2D eigenvalue weighted by Crippen LogP contribution is -2.53. The van der Waals surface area contributed by atoms with Crippen molar-refractivity contribution in [1.29, 1.82) is 0 Å². The Morgan fingerprint density at radius 1 is 1.17 bits per heavy atom. The number of rotatable bonds is 12. The van der Waals surface area contributed by atoms with Crippen LogP contribution >= 0.6 is 0 Å². The number of hydrogen-bond acceptors (Lipinski definition) is 8. The molecule has 2 aromatic carbocycles. The summed E-state index contributed by atoms with van der Waals surface area (Å²) in [7, 11) is 1.38. The smallest absolute Gasteiger partial charge is 0.424 e. The van der Waals surface area contributed by atoms with Gasteiger partial charge < -0.3 is 29.6 Å². The van der Waals surface area contributed by atoms with Crippen molar-refractivity contribution < 1.29 is 46.6 Å². The summed E-state index contributed by atoms with van der Waals surface area (Å²) in [6.45, 7) is 7.19. The van der Waals surface area contributed by atoms with Crippen LogP contribution in [0.3, 0.4) is 0 Å². The number of aliphatic hydroxyl groups excluding tert-OH is 1. The summed E-state index contributed by atoms with van der Waals surface area (Å²) in [5.74, 6) is -1.08. The Bertz CT molecular complexity index is 1620. The number of carbonyl (C=O) groups excluding carboxylic acids is 1. The molecule has 3 unspecified atom stereocenters. The number of halogens is 4. The summed E-state index contributed by atoms with van der Waals surface area (Å²) in [4.78, 5) is 17.4. The van der Waals surface area contributed by atoms with Crippen molar-refractivity contribution in [2.75, 3.05) is 20.3 Å². The van der Waals surface area contributed by atoms with Gasteiger partial charge >= 0.3 is 6.18 Å². The minimum Gasteiger partial charge on any atom is -0.598 e. The van der Waals surface area contributed by atoms with Crippen molar-refractivity contribution in [3.63, 3.8) is 0 Å². The lowest BCUT2D eigenvalue weighted by molar-refractivity contribution is -0.265. The van der Waals surface area contributed by atoms with Gasteiger partial charge in [-0.2, -0.15) is 13.2 Å². The van der Waals surface area contributed by atoms with Crippen LogP contribution in [0.25, 0.3) is 11.3 Å². The van der Waals surface area contributed by atoms with E-state index in [0.717, 1.165) is 18.2 Å². The first-order valence-electron chi connectivity index (χ1n) is 15.4. The number of methoxy groups -OCH3 is 1. The number of carbonyl (C=O) groups is 1. The molecule has 1 aromatic heterocycles. The largest absolute Gasteiger partial charge is 0.598 e. The van der Waals surface area contributed by atoms with E-state index in [0.29, 0.717) is 24.2 Å². The average molecular weight is 696 g/mol. The normalized spacial score (nSPS) is 18.8. The van der Waals surface area contributed by atoms with E-state index in [9.17, 15) is 37.1 Å². The van der Waals surface area contributed by atoms with Gasteiger partial charge in [0.05, 0.1) is 25.5 Å². The van der Waals surface area contributed by atoms with Gasteiger partial charge in [0.2, 0.25) is 5.60 Å². The van der Waals surface area contributed by atoms with Crippen molar-refractivity contribution in [1.82, 2.24) is 15.0 Å². The van der Waals surface area contributed by atoms with Gasteiger partial charge in [0.1, 0.15) is 34.2 Å². The molecule has 0 fully saturated rings. The molecule has 4 atom stereocenters. The zero-order valence-electron chi connectivity index (χ0n) is 27.6. The molecule has 0 saturated heterocycles. The second-order valence-electron chi connectivity index (χ2n) is 12.9. The minimum absolute atomic E-state index is 0.0154. The highest BCUT2D eigenvalue weighted by molar-refractivity contribution is 7.90. The van der Waals surface area contributed by atoms with Crippen LogP contribution in [0.4, 0.5) is 17.6 Å². The fourth-order valence-corrected chi connectivity index (χ4v) is 6.18. The average Bonchev–Trinajstić information content (AvgIpc) is 3.39. The van der Waals surface area contributed by atoms with Gasteiger partial charge in [-0.25, -0.2) is 9.37 Å². The van der Waals surface area contributed by atoms with Gasteiger partial charge in [0, 0.05) is 28.1 Å². The van der Waals surface area contributed by atoms with Crippen molar-refractivity contribution in [3.05, 3.63) is 76.7 Å². The third-order valence-corrected chi connectivity index (χ3v) is 9.98. The zero-order chi connectivity index (χ0) is 35.7. The maximum atomic E-state index is 14.9. The number of nitrogens with zero attached hydrogens (tertiary/aromatic N) is 1. The first kappa shape index (κ1) is 37.4. The third kappa shape index (κ3) is 7.73. The number of nitrogens with one attached hydrogen (secondary N) is 2. The summed E-state index contributed by atoms with van der Waals surface area (Å²) in [5, 5.41) is 23.3. The van der Waals surface area contributed by atoms with Crippen LogP contribution in [0.1, 0.15) is 74.6 Å². The molecule has 3 aromatic rings. The first-order valence-corrected chi connectivity index (χ1v) is 16.6. The summed E-state index contributed by atoms with van der Waals surface area (Å²) in [6.07, 6.45) is -4.79. The van der Waals surface area contributed by atoms with Crippen LogP contribution in [0.15, 0.2) is 48.5 Å². The molecule has 1 amide bonds. The summed E-state index contributed by atoms with van der Waals surface area (Å²) in [6, 6.07) is 10.3. The van der Waals surface area contributed by atoms with Crippen LogP contribution < -0.4 is 19.5 Å². The quantitative estimate of drug-likeness (QED) is 0.145. The van der Waals surface area contributed by atoms with Gasteiger partial charge in [0.25, 0.3) is 5.91 Å². The number of hydrogen-bond donors (Lipinski definition) is 4. The molecule has 0 spiro atoms. The maximum absolute atomic E-state index is 14.9. The second kappa shape index (κ2) is 14.2. The Labute approximate surface area is 280 Å². The molecule has 262 valence electrons. The molecular formula is C34H41F4N3O6S. The Morgan fingerprint density at radius 2 is 1.83 bits per heavy atom. The number of aliphatic hydroxyl groups is 2. The number of benzene rings is 2. The zero-order valence-corrected chi connectivity index (χ0v) is 28.4. The molecule has 0 aliphatic carbocycles. The molecule has 1 aliphatic rings. The van der Waals surface area contributed by atoms with E-state index >= 15 is 0 Å². The summed E-state index contributed by atoms with van der Waals surface area (Å²) < 4.78 is 85.5. The van der Waals surface area contributed by atoms with Crippen molar-refractivity contribution >= 4 is 17.3 Å². The molecule has 2 heterocycles. The third-order valence-electron chi connectivity index (χ3n) is 8.30. The number of ether oxygens (including phenoxy) is 2. The fourth-order valence-electron chi connectivity index (χ4n) is 5.21. The van der Waals surface area contributed by atoms with E-state index in [2.05, 4.69) is 15.0 Å². The van der Waals surface area contributed by atoms with Crippen LogP contribution in [-0.2, 0) is 28.9 Å². The van der Waals surface area contributed by atoms with E-state index in [1.807, 2.05) is 0 Å². The molecule has 4 N–H and O–H groups in total. The van der Waals surface area contributed by atoms with Gasteiger partial charge in [-0.05, 0) is 95.0 Å². The van der Waals surface area contributed by atoms with Crippen LogP contribution in [0.5, 0.6) is 11.5 Å². The van der Waals surface area contributed by atoms with Crippen molar-refractivity contribution in [2.45, 2.75) is 82.0 Å². The van der Waals surface area contributed by atoms with Crippen LogP contribution in [-0.4, -0.2) is 62.9 Å². The predicted molar refractivity (Wildman–Crippen MR) is 173 cm³/mol. The number of fused-ring (bicyclic) bond motifs is 1. The number of aromatic nitrogens is 1. The highest BCUT2D eigenvalue weighted by Crippen LogP contribution is 2.48. The van der Waals surface area contributed by atoms with E-state index in [4.69, 9.17) is 9.47 Å². The lowest BCUT2D eigenvalue weighted by atomic mass is 9.86. The number of pyridine rings is 1. The lowest BCUT2D eigenvalue weighted by Gasteiger charge is -2.34. The number of alkyl halides is 3. The van der Waals surface area contributed by atoms with Gasteiger partial charge in [0.15, 0.2) is 5.75 Å². The molecular weight excluding hydrogens is 654 g/mol. The standard InChI is InChI=1S/C34H41F4N3O6S/c1-7-32(41-48(45)31(3,4)5)19-47-29-25(32)17-27(40-28(29)22-12-14-24(35)15-13-22)33(44,34(36,37)38)18-39-30(43)23-11-10-21(9-8-20(2)42)26(16-23)46-6/h10-17,20,41-42,44H,7-9,18-19H2,1-6H3,(H,39,43)/t20-,32?,33?,48?/m1/s1. The van der Waals surface area contributed by atoms with Gasteiger partial charge in [-0.15, -0.1) is 4.72 Å². The molecule has 14 heteroatoms.